The molecule has 128 valence electrons. The van der Waals surface area contributed by atoms with Gasteiger partial charge in [0.05, 0.1) is 0 Å². The van der Waals surface area contributed by atoms with E-state index in [-0.39, 0.29) is 22.8 Å². The quantitative estimate of drug-likeness (QED) is 0.925. The topological polar surface area (TPSA) is 49.4 Å². The Hall–Kier alpha value is -1.84. The highest BCUT2D eigenvalue weighted by Gasteiger charge is 2.23. The number of benzene rings is 1. The number of hydrogen-bond acceptors (Lipinski definition) is 2. The predicted molar refractivity (Wildman–Crippen MR) is 94.6 cm³/mol. The van der Waals surface area contributed by atoms with Crippen LogP contribution in [-0.2, 0) is 10.2 Å². The summed E-state index contributed by atoms with van der Waals surface area (Å²) in [7, 11) is 0. The lowest BCUT2D eigenvalue weighted by atomic mass is 9.87. The summed E-state index contributed by atoms with van der Waals surface area (Å²) in [5, 5.41) is 2.88. The molecule has 0 bridgehead atoms. The van der Waals surface area contributed by atoms with Crippen molar-refractivity contribution < 1.29 is 9.59 Å². The van der Waals surface area contributed by atoms with Crippen LogP contribution in [0.1, 0.15) is 64.4 Å². The zero-order chi connectivity index (χ0) is 17.8. The van der Waals surface area contributed by atoms with E-state index in [1.807, 2.05) is 45.0 Å². The van der Waals surface area contributed by atoms with Crippen LogP contribution >= 0.6 is 0 Å². The minimum absolute atomic E-state index is 0.0151. The molecule has 0 radical (unpaired) electrons. The summed E-state index contributed by atoms with van der Waals surface area (Å²) in [6.45, 7) is 14.9. The van der Waals surface area contributed by atoms with Gasteiger partial charge < -0.3 is 10.2 Å². The molecule has 0 saturated carbocycles. The van der Waals surface area contributed by atoms with E-state index in [9.17, 15) is 9.59 Å². The predicted octanol–water partition coefficient (Wildman–Crippen LogP) is 3.36. The van der Waals surface area contributed by atoms with Crippen LogP contribution < -0.4 is 5.32 Å². The number of nitrogens with zero attached hydrogens (tertiary/aromatic N) is 1. The van der Waals surface area contributed by atoms with Gasteiger partial charge in [-0.05, 0) is 43.9 Å². The molecule has 0 aliphatic heterocycles. The van der Waals surface area contributed by atoms with Crippen LogP contribution in [0.25, 0.3) is 0 Å². The molecule has 4 nitrogen and oxygen atoms in total. The molecule has 1 aromatic rings. The van der Waals surface area contributed by atoms with Gasteiger partial charge in [-0.25, -0.2) is 0 Å². The molecule has 2 amide bonds. The zero-order valence-corrected chi connectivity index (χ0v) is 15.5. The molecular formula is C19H30N2O2. The Bertz CT molecular complexity index is 548. The molecule has 0 aliphatic rings. The van der Waals surface area contributed by atoms with Crippen LogP contribution in [0.4, 0.5) is 0 Å². The number of rotatable bonds is 4. The first-order valence-electron chi connectivity index (χ1n) is 8.10. The van der Waals surface area contributed by atoms with Crippen molar-refractivity contribution in [3.05, 3.63) is 35.4 Å². The molecule has 0 fully saturated rings. The fraction of sp³-hybridized carbons (Fsp3) is 0.579. The van der Waals surface area contributed by atoms with Crippen LogP contribution in [0, 0.1) is 0 Å². The summed E-state index contributed by atoms with van der Waals surface area (Å²) < 4.78 is 0. The second kappa shape index (κ2) is 7.16. The molecule has 0 aromatic heterocycles. The Morgan fingerprint density at radius 2 is 1.52 bits per heavy atom. The Morgan fingerprint density at radius 3 is 1.91 bits per heavy atom. The molecule has 4 heteroatoms. The molecule has 0 saturated heterocycles. The average Bonchev–Trinajstić information content (AvgIpc) is 2.40. The standard InChI is InChI=1S/C19H30N2O2/c1-14(22)21(19(5,6)7)13-12-20-17(23)15-8-10-16(11-9-15)18(2,3)4/h8-11H,12-13H2,1-7H3,(H,20,23). The van der Waals surface area contributed by atoms with E-state index < -0.39 is 0 Å². The van der Waals surface area contributed by atoms with Crippen LogP contribution in [0.3, 0.4) is 0 Å². The molecule has 0 atom stereocenters. The molecule has 0 unspecified atom stereocenters. The Balaban J connectivity index is 2.62. The van der Waals surface area contributed by atoms with Gasteiger partial charge in [0.25, 0.3) is 5.91 Å². The van der Waals surface area contributed by atoms with Gasteiger partial charge in [-0.1, -0.05) is 32.9 Å². The summed E-state index contributed by atoms with van der Waals surface area (Å²) in [6.07, 6.45) is 0. The first-order valence-corrected chi connectivity index (χ1v) is 8.10. The van der Waals surface area contributed by atoms with E-state index in [0.29, 0.717) is 18.7 Å². The van der Waals surface area contributed by atoms with Crippen molar-refractivity contribution in [2.24, 2.45) is 0 Å². The molecule has 0 heterocycles. The second-order valence-electron chi connectivity index (χ2n) is 7.92. The van der Waals surface area contributed by atoms with Gasteiger partial charge in [-0.3, -0.25) is 9.59 Å². The van der Waals surface area contributed by atoms with E-state index in [1.165, 1.54) is 5.56 Å². The minimum atomic E-state index is -0.245. The third-order valence-corrected chi connectivity index (χ3v) is 3.82. The highest BCUT2D eigenvalue weighted by molar-refractivity contribution is 5.94. The van der Waals surface area contributed by atoms with Crippen molar-refractivity contribution in [2.45, 2.75) is 59.4 Å². The fourth-order valence-electron chi connectivity index (χ4n) is 2.47. The normalized spacial score (nSPS) is 12.0. The number of nitrogens with one attached hydrogen (secondary N) is 1. The van der Waals surface area contributed by atoms with Gasteiger partial charge in [0, 0.05) is 31.1 Å². The summed E-state index contributed by atoms with van der Waals surface area (Å²) in [5.41, 5.74) is 1.67. The average molecular weight is 318 g/mol. The van der Waals surface area contributed by atoms with Crippen molar-refractivity contribution in [3.63, 3.8) is 0 Å². The summed E-state index contributed by atoms with van der Waals surface area (Å²) in [4.78, 5) is 25.6. The first-order chi connectivity index (χ1) is 10.4. The Labute approximate surface area is 140 Å². The lowest BCUT2D eigenvalue weighted by molar-refractivity contribution is -0.133. The molecule has 0 spiro atoms. The van der Waals surface area contributed by atoms with Crippen LogP contribution in [-0.4, -0.2) is 35.3 Å². The van der Waals surface area contributed by atoms with Gasteiger partial charge in [0.15, 0.2) is 0 Å². The number of amides is 2. The van der Waals surface area contributed by atoms with Crippen molar-refractivity contribution in [3.8, 4) is 0 Å². The molecule has 1 N–H and O–H groups in total. The van der Waals surface area contributed by atoms with Crippen molar-refractivity contribution in [1.29, 1.82) is 0 Å². The number of carbonyl (C=O) groups excluding carboxylic acids is 2. The smallest absolute Gasteiger partial charge is 0.251 e. The van der Waals surface area contributed by atoms with E-state index >= 15 is 0 Å². The summed E-state index contributed by atoms with van der Waals surface area (Å²) in [5.74, 6) is -0.0934. The maximum Gasteiger partial charge on any atom is 0.251 e. The second-order valence-corrected chi connectivity index (χ2v) is 7.92. The van der Waals surface area contributed by atoms with Crippen LogP contribution in [0.2, 0.25) is 0 Å². The van der Waals surface area contributed by atoms with Gasteiger partial charge in [-0.15, -0.1) is 0 Å². The van der Waals surface area contributed by atoms with Gasteiger partial charge in [0.2, 0.25) is 5.91 Å². The highest BCUT2D eigenvalue weighted by Crippen LogP contribution is 2.22. The fourth-order valence-corrected chi connectivity index (χ4v) is 2.47. The Kier molecular flexibility index (Phi) is 5.98. The SMILES string of the molecule is CC(=O)N(CCNC(=O)c1ccc(C(C)(C)C)cc1)C(C)(C)C. The van der Waals surface area contributed by atoms with Crippen molar-refractivity contribution >= 4 is 11.8 Å². The lowest BCUT2D eigenvalue weighted by Crippen LogP contribution is -2.48. The van der Waals surface area contributed by atoms with Crippen molar-refractivity contribution in [2.75, 3.05) is 13.1 Å². The van der Waals surface area contributed by atoms with Gasteiger partial charge >= 0.3 is 0 Å². The van der Waals surface area contributed by atoms with Crippen LogP contribution in [0.15, 0.2) is 24.3 Å². The van der Waals surface area contributed by atoms with E-state index in [1.54, 1.807) is 11.8 Å². The molecule has 1 aromatic carbocycles. The van der Waals surface area contributed by atoms with Gasteiger partial charge in [0.1, 0.15) is 0 Å². The number of hydrogen-bond donors (Lipinski definition) is 1. The zero-order valence-electron chi connectivity index (χ0n) is 15.5. The van der Waals surface area contributed by atoms with Crippen molar-refractivity contribution in [1.82, 2.24) is 10.2 Å². The largest absolute Gasteiger partial charge is 0.350 e. The minimum Gasteiger partial charge on any atom is -0.350 e. The maximum atomic E-state index is 12.2. The van der Waals surface area contributed by atoms with Crippen LogP contribution in [0.5, 0.6) is 0 Å². The number of carbonyl (C=O) groups is 2. The monoisotopic (exact) mass is 318 g/mol. The lowest BCUT2D eigenvalue weighted by Gasteiger charge is -2.35. The third kappa shape index (κ3) is 5.70. The van der Waals surface area contributed by atoms with E-state index in [4.69, 9.17) is 0 Å². The highest BCUT2D eigenvalue weighted by atomic mass is 16.2. The third-order valence-electron chi connectivity index (χ3n) is 3.82. The molecule has 23 heavy (non-hydrogen) atoms. The summed E-state index contributed by atoms with van der Waals surface area (Å²) in [6, 6.07) is 7.68. The van der Waals surface area contributed by atoms with Gasteiger partial charge in [-0.2, -0.15) is 0 Å². The molecular weight excluding hydrogens is 288 g/mol. The molecule has 0 aliphatic carbocycles. The maximum absolute atomic E-state index is 12.2. The Morgan fingerprint density at radius 1 is 1.00 bits per heavy atom. The van der Waals surface area contributed by atoms with E-state index in [2.05, 4.69) is 26.1 Å². The summed E-state index contributed by atoms with van der Waals surface area (Å²) >= 11 is 0. The molecule has 1 rings (SSSR count). The first kappa shape index (κ1) is 19.2. The van der Waals surface area contributed by atoms with E-state index in [0.717, 1.165) is 0 Å².